The van der Waals surface area contributed by atoms with Gasteiger partial charge in [-0.3, -0.25) is 0 Å². The number of nitrogens with zero attached hydrogens (tertiary/aromatic N) is 1. The minimum absolute atomic E-state index is 0.255. The Morgan fingerprint density at radius 1 is 1.28 bits per heavy atom. The van der Waals surface area contributed by atoms with E-state index in [2.05, 4.69) is 24.1 Å². The van der Waals surface area contributed by atoms with Crippen molar-refractivity contribution in [1.29, 1.82) is 0 Å². The molecule has 1 heterocycles. The Labute approximate surface area is 112 Å². The number of aliphatic hydroxyl groups is 1. The molecule has 2 fully saturated rings. The first kappa shape index (κ1) is 14.3. The van der Waals surface area contributed by atoms with Crippen molar-refractivity contribution >= 4 is 0 Å². The highest BCUT2D eigenvalue weighted by molar-refractivity contribution is 4.86. The third kappa shape index (κ3) is 3.94. The zero-order chi connectivity index (χ0) is 13.0. The van der Waals surface area contributed by atoms with Gasteiger partial charge in [-0.05, 0) is 37.0 Å². The van der Waals surface area contributed by atoms with Crippen molar-refractivity contribution in [1.82, 2.24) is 10.2 Å². The van der Waals surface area contributed by atoms with E-state index in [1.807, 2.05) is 0 Å². The fourth-order valence-electron chi connectivity index (χ4n) is 3.32. The summed E-state index contributed by atoms with van der Waals surface area (Å²) in [6, 6.07) is 0.582. The number of hydrogen-bond acceptors (Lipinski definition) is 3. The van der Waals surface area contributed by atoms with Crippen LogP contribution in [-0.2, 0) is 0 Å². The van der Waals surface area contributed by atoms with Gasteiger partial charge in [-0.2, -0.15) is 0 Å². The molecule has 106 valence electrons. The number of piperidine rings is 1. The van der Waals surface area contributed by atoms with Gasteiger partial charge >= 0.3 is 0 Å². The van der Waals surface area contributed by atoms with Crippen LogP contribution in [0.1, 0.15) is 39.5 Å². The molecule has 0 amide bonds. The van der Waals surface area contributed by atoms with Crippen molar-refractivity contribution in [2.24, 2.45) is 17.8 Å². The number of rotatable bonds is 6. The fourth-order valence-corrected chi connectivity index (χ4v) is 3.32. The summed E-state index contributed by atoms with van der Waals surface area (Å²) in [5.74, 6) is 2.55. The van der Waals surface area contributed by atoms with Crippen LogP contribution in [0.2, 0.25) is 0 Å². The topological polar surface area (TPSA) is 35.5 Å². The molecule has 0 aromatic heterocycles. The minimum atomic E-state index is 0.255. The van der Waals surface area contributed by atoms with Gasteiger partial charge in [0.2, 0.25) is 0 Å². The average molecular weight is 254 g/mol. The second kappa shape index (κ2) is 6.88. The molecule has 0 aromatic carbocycles. The second-order valence-corrected chi connectivity index (χ2v) is 6.63. The van der Waals surface area contributed by atoms with Gasteiger partial charge in [0, 0.05) is 32.2 Å². The predicted molar refractivity (Wildman–Crippen MR) is 75.6 cm³/mol. The summed E-state index contributed by atoms with van der Waals surface area (Å²) < 4.78 is 0. The van der Waals surface area contributed by atoms with Crippen LogP contribution < -0.4 is 5.32 Å². The monoisotopic (exact) mass is 254 g/mol. The van der Waals surface area contributed by atoms with E-state index in [1.165, 1.54) is 45.3 Å². The van der Waals surface area contributed by atoms with Gasteiger partial charge in [0.1, 0.15) is 0 Å². The van der Waals surface area contributed by atoms with Crippen LogP contribution in [0.5, 0.6) is 0 Å². The Hall–Kier alpha value is -0.120. The lowest BCUT2D eigenvalue weighted by atomic mass is 9.82. The van der Waals surface area contributed by atoms with Crippen molar-refractivity contribution < 1.29 is 5.11 Å². The smallest absolute Gasteiger partial charge is 0.0556 e. The van der Waals surface area contributed by atoms with Crippen LogP contribution in [-0.4, -0.2) is 48.8 Å². The Kier molecular flexibility index (Phi) is 5.46. The fraction of sp³-hybridized carbons (Fsp3) is 1.00. The summed E-state index contributed by atoms with van der Waals surface area (Å²) in [7, 11) is 0. The molecule has 0 spiro atoms. The molecule has 2 aliphatic rings. The minimum Gasteiger partial charge on any atom is -0.395 e. The predicted octanol–water partition coefficient (Wildman–Crippen LogP) is 1.71. The maximum Gasteiger partial charge on any atom is 0.0556 e. The first-order valence-corrected chi connectivity index (χ1v) is 7.75. The second-order valence-electron chi connectivity index (χ2n) is 6.63. The van der Waals surface area contributed by atoms with Crippen LogP contribution in [0.15, 0.2) is 0 Å². The lowest BCUT2D eigenvalue weighted by Gasteiger charge is -2.42. The average Bonchev–Trinajstić information content (AvgIpc) is 2.31. The zero-order valence-corrected chi connectivity index (χ0v) is 12.1. The molecule has 2 rings (SSSR count). The van der Waals surface area contributed by atoms with Gasteiger partial charge in [-0.25, -0.2) is 0 Å². The Morgan fingerprint density at radius 2 is 2.06 bits per heavy atom. The number of aliphatic hydroxyl groups excluding tert-OH is 1. The van der Waals surface area contributed by atoms with E-state index in [1.54, 1.807) is 0 Å². The molecule has 2 N–H and O–H groups in total. The van der Waals surface area contributed by atoms with Gasteiger partial charge in [0.05, 0.1) is 6.61 Å². The van der Waals surface area contributed by atoms with Crippen molar-refractivity contribution in [2.45, 2.75) is 45.6 Å². The SMILES string of the molecule is CC(C)C1CC(NCCO)CN(CC2CCC2)C1. The van der Waals surface area contributed by atoms with Crippen molar-refractivity contribution in [3.63, 3.8) is 0 Å². The quantitative estimate of drug-likeness (QED) is 0.757. The van der Waals surface area contributed by atoms with E-state index >= 15 is 0 Å². The Balaban J connectivity index is 1.83. The lowest BCUT2D eigenvalue weighted by molar-refractivity contribution is 0.0831. The molecule has 0 bridgehead atoms. The van der Waals surface area contributed by atoms with E-state index in [0.29, 0.717) is 6.04 Å². The number of nitrogens with one attached hydrogen (secondary N) is 1. The molecule has 18 heavy (non-hydrogen) atoms. The summed E-state index contributed by atoms with van der Waals surface area (Å²) in [5, 5.41) is 12.5. The normalized spacial score (nSPS) is 30.7. The van der Waals surface area contributed by atoms with E-state index in [0.717, 1.165) is 24.3 Å². The molecule has 0 radical (unpaired) electrons. The van der Waals surface area contributed by atoms with E-state index in [-0.39, 0.29) is 6.61 Å². The van der Waals surface area contributed by atoms with E-state index < -0.39 is 0 Å². The first-order valence-electron chi connectivity index (χ1n) is 7.75. The van der Waals surface area contributed by atoms with Crippen molar-refractivity contribution in [3.8, 4) is 0 Å². The van der Waals surface area contributed by atoms with Gasteiger partial charge in [0.15, 0.2) is 0 Å². The van der Waals surface area contributed by atoms with Crippen LogP contribution in [0.25, 0.3) is 0 Å². The maximum absolute atomic E-state index is 8.95. The highest BCUT2D eigenvalue weighted by Crippen LogP contribution is 2.30. The Bertz CT molecular complexity index is 241. The molecule has 1 aliphatic heterocycles. The standard InChI is InChI=1S/C15H30N2O/c1-12(2)14-8-15(16-6-7-18)11-17(10-14)9-13-4-3-5-13/h12-16,18H,3-11H2,1-2H3. The summed E-state index contributed by atoms with van der Waals surface area (Å²) in [6.45, 7) is 9.46. The summed E-state index contributed by atoms with van der Waals surface area (Å²) in [6.07, 6.45) is 5.60. The third-order valence-electron chi connectivity index (χ3n) is 4.79. The van der Waals surface area contributed by atoms with Gasteiger partial charge in [0.25, 0.3) is 0 Å². The molecule has 0 aromatic rings. The highest BCUT2D eigenvalue weighted by atomic mass is 16.3. The molecular formula is C15H30N2O. The van der Waals surface area contributed by atoms with Crippen molar-refractivity contribution in [2.75, 3.05) is 32.8 Å². The summed E-state index contributed by atoms with van der Waals surface area (Å²) in [4.78, 5) is 2.67. The van der Waals surface area contributed by atoms with E-state index in [4.69, 9.17) is 5.11 Å². The summed E-state index contributed by atoms with van der Waals surface area (Å²) >= 11 is 0. The molecule has 2 atom stereocenters. The molecule has 2 unspecified atom stereocenters. The molecular weight excluding hydrogens is 224 g/mol. The van der Waals surface area contributed by atoms with Crippen LogP contribution in [0, 0.1) is 17.8 Å². The molecule has 1 saturated heterocycles. The van der Waals surface area contributed by atoms with Gasteiger partial charge in [-0.15, -0.1) is 0 Å². The van der Waals surface area contributed by atoms with Crippen LogP contribution in [0.4, 0.5) is 0 Å². The largest absolute Gasteiger partial charge is 0.395 e. The first-order chi connectivity index (χ1) is 8.69. The van der Waals surface area contributed by atoms with E-state index in [9.17, 15) is 0 Å². The molecule has 1 aliphatic carbocycles. The highest BCUT2D eigenvalue weighted by Gasteiger charge is 2.30. The third-order valence-corrected chi connectivity index (χ3v) is 4.79. The van der Waals surface area contributed by atoms with Crippen molar-refractivity contribution in [3.05, 3.63) is 0 Å². The molecule has 3 nitrogen and oxygen atoms in total. The number of hydrogen-bond donors (Lipinski definition) is 2. The van der Waals surface area contributed by atoms with Crippen LogP contribution >= 0.6 is 0 Å². The number of likely N-dealkylation sites (tertiary alicyclic amines) is 1. The molecule has 3 heteroatoms. The van der Waals surface area contributed by atoms with Gasteiger partial charge < -0.3 is 15.3 Å². The molecule has 1 saturated carbocycles. The maximum atomic E-state index is 8.95. The van der Waals surface area contributed by atoms with Crippen LogP contribution in [0.3, 0.4) is 0 Å². The summed E-state index contributed by atoms with van der Waals surface area (Å²) in [5.41, 5.74) is 0. The van der Waals surface area contributed by atoms with Gasteiger partial charge in [-0.1, -0.05) is 20.3 Å². The lowest BCUT2D eigenvalue weighted by Crippen LogP contribution is -2.52. The zero-order valence-electron chi connectivity index (χ0n) is 12.1. The Morgan fingerprint density at radius 3 is 2.61 bits per heavy atom.